The van der Waals surface area contributed by atoms with Crippen molar-refractivity contribution in [3.05, 3.63) is 35.9 Å². The average Bonchev–Trinajstić information content (AvgIpc) is 3.03. The minimum atomic E-state index is -0.520. The monoisotopic (exact) mass is 348 g/mol. The van der Waals surface area contributed by atoms with Crippen LogP contribution in [0.3, 0.4) is 0 Å². The van der Waals surface area contributed by atoms with Gasteiger partial charge in [0.25, 0.3) is 0 Å². The summed E-state index contributed by atoms with van der Waals surface area (Å²) in [5.74, 6) is 0. The highest BCUT2D eigenvalue weighted by molar-refractivity contribution is 5.70. The lowest BCUT2D eigenvalue weighted by molar-refractivity contribution is 0.0274. The molecule has 0 saturated carbocycles. The Labute approximate surface area is 149 Å². The van der Waals surface area contributed by atoms with Crippen LogP contribution in [0.15, 0.2) is 30.3 Å². The van der Waals surface area contributed by atoms with E-state index < -0.39 is 5.60 Å². The Morgan fingerprint density at radius 2 is 1.92 bits per heavy atom. The van der Waals surface area contributed by atoms with Gasteiger partial charge in [-0.25, -0.2) is 9.59 Å². The summed E-state index contributed by atoms with van der Waals surface area (Å²) in [5.41, 5.74) is 0.433. The SMILES string of the molecule is CCN(C(=O)OCc1ccccc1)[C@H]1CCN(C(=O)OC(C)(C)C)C1. The molecule has 0 bridgehead atoms. The summed E-state index contributed by atoms with van der Waals surface area (Å²) in [6.45, 7) is 9.30. The second kappa shape index (κ2) is 8.23. The summed E-state index contributed by atoms with van der Waals surface area (Å²) < 4.78 is 10.8. The van der Waals surface area contributed by atoms with Crippen molar-refractivity contribution in [2.75, 3.05) is 19.6 Å². The zero-order valence-electron chi connectivity index (χ0n) is 15.5. The van der Waals surface area contributed by atoms with Crippen molar-refractivity contribution in [1.82, 2.24) is 9.80 Å². The van der Waals surface area contributed by atoms with Gasteiger partial charge < -0.3 is 19.3 Å². The van der Waals surface area contributed by atoms with E-state index in [1.54, 1.807) is 9.80 Å². The number of hydrogen-bond acceptors (Lipinski definition) is 4. The fourth-order valence-corrected chi connectivity index (χ4v) is 2.83. The maximum absolute atomic E-state index is 12.4. The van der Waals surface area contributed by atoms with E-state index in [4.69, 9.17) is 9.47 Å². The van der Waals surface area contributed by atoms with Gasteiger partial charge in [-0.05, 0) is 39.7 Å². The van der Waals surface area contributed by atoms with Crippen LogP contribution in [-0.2, 0) is 16.1 Å². The lowest BCUT2D eigenvalue weighted by Gasteiger charge is -2.28. The van der Waals surface area contributed by atoms with Gasteiger partial charge in [0.2, 0.25) is 0 Å². The zero-order chi connectivity index (χ0) is 18.4. The van der Waals surface area contributed by atoms with Crippen molar-refractivity contribution in [2.24, 2.45) is 0 Å². The van der Waals surface area contributed by atoms with Crippen LogP contribution in [-0.4, -0.2) is 53.3 Å². The highest BCUT2D eigenvalue weighted by atomic mass is 16.6. The Balaban J connectivity index is 1.88. The molecular weight excluding hydrogens is 320 g/mol. The molecular formula is C19H28N2O4. The van der Waals surface area contributed by atoms with E-state index in [0.29, 0.717) is 19.6 Å². The molecule has 1 atom stereocenters. The minimum Gasteiger partial charge on any atom is -0.445 e. The molecule has 0 N–H and O–H groups in total. The molecule has 0 aromatic heterocycles. The summed E-state index contributed by atoms with van der Waals surface area (Å²) in [7, 11) is 0. The van der Waals surface area contributed by atoms with Crippen molar-refractivity contribution in [3.63, 3.8) is 0 Å². The van der Waals surface area contributed by atoms with Gasteiger partial charge in [0.05, 0.1) is 6.04 Å². The van der Waals surface area contributed by atoms with Crippen LogP contribution >= 0.6 is 0 Å². The van der Waals surface area contributed by atoms with Gasteiger partial charge >= 0.3 is 12.2 Å². The molecule has 0 spiro atoms. The fraction of sp³-hybridized carbons (Fsp3) is 0.579. The Bertz CT molecular complexity index is 583. The van der Waals surface area contributed by atoms with Crippen LogP contribution in [0.4, 0.5) is 9.59 Å². The van der Waals surface area contributed by atoms with Crippen LogP contribution in [0, 0.1) is 0 Å². The molecule has 1 aliphatic rings. The number of likely N-dealkylation sites (tertiary alicyclic amines) is 1. The highest BCUT2D eigenvalue weighted by Gasteiger charge is 2.34. The summed E-state index contributed by atoms with van der Waals surface area (Å²) in [4.78, 5) is 27.9. The molecule has 0 unspecified atom stereocenters. The van der Waals surface area contributed by atoms with E-state index in [1.807, 2.05) is 58.0 Å². The van der Waals surface area contributed by atoms with Crippen molar-refractivity contribution in [3.8, 4) is 0 Å². The van der Waals surface area contributed by atoms with Gasteiger partial charge in [-0.2, -0.15) is 0 Å². The van der Waals surface area contributed by atoms with Crippen LogP contribution in [0.5, 0.6) is 0 Å². The molecule has 138 valence electrons. The predicted octanol–water partition coefficient (Wildman–Crippen LogP) is 3.65. The van der Waals surface area contributed by atoms with Gasteiger partial charge in [0.15, 0.2) is 0 Å². The lowest BCUT2D eigenvalue weighted by Crippen LogP contribution is -2.43. The number of rotatable bonds is 4. The summed E-state index contributed by atoms with van der Waals surface area (Å²) >= 11 is 0. The zero-order valence-corrected chi connectivity index (χ0v) is 15.5. The topological polar surface area (TPSA) is 59.1 Å². The first-order valence-corrected chi connectivity index (χ1v) is 8.75. The van der Waals surface area contributed by atoms with Crippen molar-refractivity contribution < 1.29 is 19.1 Å². The molecule has 1 fully saturated rings. The largest absolute Gasteiger partial charge is 0.445 e. The van der Waals surface area contributed by atoms with Gasteiger partial charge in [-0.15, -0.1) is 0 Å². The predicted molar refractivity (Wildman–Crippen MR) is 95.2 cm³/mol. The molecule has 1 aromatic carbocycles. The summed E-state index contributed by atoms with van der Waals surface area (Å²) in [5, 5.41) is 0. The first kappa shape index (κ1) is 19.1. The highest BCUT2D eigenvalue weighted by Crippen LogP contribution is 2.20. The van der Waals surface area contributed by atoms with Crippen molar-refractivity contribution in [1.29, 1.82) is 0 Å². The molecule has 1 aromatic rings. The molecule has 25 heavy (non-hydrogen) atoms. The van der Waals surface area contributed by atoms with E-state index in [2.05, 4.69) is 0 Å². The quantitative estimate of drug-likeness (QED) is 0.833. The van der Waals surface area contributed by atoms with E-state index in [9.17, 15) is 9.59 Å². The number of likely N-dealkylation sites (N-methyl/N-ethyl adjacent to an activating group) is 1. The smallest absolute Gasteiger partial charge is 0.410 e. The van der Waals surface area contributed by atoms with E-state index >= 15 is 0 Å². The van der Waals surface area contributed by atoms with E-state index in [-0.39, 0.29) is 24.8 Å². The van der Waals surface area contributed by atoms with Crippen LogP contribution in [0.1, 0.15) is 39.7 Å². The average molecular weight is 348 g/mol. The Morgan fingerprint density at radius 1 is 1.24 bits per heavy atom. The molecule has 2 amide bonds. The first-order chi connectivity index (χ1) is 11.8. The van der Waals surface area contributed by atoms with Crippen LogP contribution in [0.2, 0.25) is 0 Å². The molecule has 1 heterocycles. The van der Waals surface area contributed by atoms with Gasteiger partial charge in [-0.3, -0.25) is 0 Å². The second-order valence-corrected chi connectivity index (χ2v) is 7.20. The van der Waals surface area contributed by atoms with Crippen LogP contribution < -0.4 is 0 Å². The van der Waals surface area contributed by atoms with Gasteiger partial charge in [-0.1, -0.05) is 30.3 Å². The number of benzene rings is 1. The van der Waals surface area contributed by atoms with Crippen molar-refractivity contribution >= 4 is 12.2 Å². The maximum atomic E-state index is 12.4. The lowest BCUT2D eigenvalue weighted by atomic mass is 10.2. The minimum absolute atomic E-state index is 0.0409. The molecule has 0 aliphatic carbocycles. The maximum Gasteiger partial charge on any atom is 0.410 e. The summed E-state index contributed by atoms with van der Waals surface area (Å²) in [6, 6.07) is 9.55. The Morgan fingerprint density at radius 3 is 2.52 bits per heavy atom. The number of carbonyl (C=O) groups is 2. The molecule has 0 radical (unpaired) electrons. The summed E-state index contributed by atoms with van der Waals surface area (Å²) in [6.07, 6.45) is 0.0548. The number of hydrogen-bond donors (Lipinski definition) is 0. The first-order valence-electron chi connectivity index (χ1n) is 8.75. The number of amides is 2. The molecule has 2 rings (SSSR count). The molecule has 6 nitrogen and oxygen atoms in total. The molecule has 1 aliphatic heterocycles. The Hall–Kier alpha value is -2.24. The van der Waals surface area contributed by atoms with Crippen molar-refractivity contribution in [2.45, 2.75) is 52.4 Å². The fourth-order valence-electron chi connectivity index (χ4n) is 2.83. The van der Waals surface area contributed by atoms with E-state index in [0.717, 1.165) is 12.0 Å². The number of nitrogens with zero attached hydrogens (tertiary/aromatic N) is 2. The molecule has 1 saturated heterocycles. The van der Waals surface area contributed by atoms with E-state index in [1.165, 1.54) is 0 Å². The third kappa shape index (κ3) is 5.66. The van der Waals surface area contributed by atoms with Gasteiger partial charge in [0.1, 0.15) is 12.2 Å². The Kier molecular flexibility index (Phi) is 6.28. The second-order valence-electron chi connectivity index (χ2n) is 7.20. The van der Waals surface area contributed by atoms with Crippen LogP contribution in [0.25, 0.3) is 0 Å². The number of ether oxygens (including phenoxy) is 2. The molecule has 6 heteroatoms. The third-order valence-corrected chi connectivity index (χ3v) is 4.04. The third-order valence-electron chi connectivity index (χ3n) is 4.04. The number of carbonyl (C=O) groups excluding carboxylic acids is 2. The van der Waals surface area contributed by atoms with Gasteiger partial charge in [0, 0.05) is 19.6 Å². The normalized spacial score (nSPS) is 17.3. The standard InChI is InChI=1S/C19H28N2O4/c1-5-21(18(23)24-14-15-9-7-6-8-10-15)16-11-12-20(13-16)17(22)25-19(2,3)4/h6-10,16H,5,11-14H2,1-4H3/t16-/m0/s1.